The van der Waals surface area contributed by atoms with Gasteiger partial charge in [-0.25, -0.2) is 4.79 Å². The normalized spacial score (nSPS) is 23.5. The van der Waals surface area contributed by atoms with Gasteiger partial charge in [0.05, 0.1) is 0 Å². The van der Waals surface area contributed by atoms with E-state index in [1.54, 1.807) is 4.90 Å². The van der Waals surface area contributed by atoms with Gasteiger partial charge in [-0.2, -0.15) is 0 Å². The SMILES string of the molecule is CC(C)(C)OC(=O)N1CCC2(CC1)OCCCC2=O. The van der Waals surface area contributed by atoms with Crippen LogP contribution in [0.5, 0.6) is 0 Å². The first kappa shape index (κ1) is 14.3. The molecular formula is C14H23NO4. The molecule has 2 fully saturated rings. The average Bonchev–Trinajstić information content (AvgIpc) is 2.32. The third kappa shape index (κ3) is 3.26. The summed E-state index contributed by atoms with van der Waals surface area (Å²) in [6, 6.07) is 0. The van der Waals surface area contributed by atoms with Crippen LogP contribution in [0.2, 0.25) is 0 Å². The van der Waals surface area contributed by atoms with E-state index >= 15 is 0 Å². The van der Waals surface area contributed by atoms with Crippen molar-refractivity contribution in [3.63, 3.8) is 0 Å². The third-order valence-corrected chi connectivity index (χ3v) is 3.66. The number of carbonyl (C=O) groups excluding carboxylic acids is 2. The molecule has 0 aliphatic carbocycles. The number of piperidine rings is 1. The second-order valence-electron chi connectivity index (χ2n) is 6.34. The smallest absolute Gasteiger partial charge is 0.410 e. The number of hydrogen-bond acceptors (Lipinski definition) is 4. The average molecular weight is 269 g/mol. The number of rotatable bonds is 0. The van der Waals surface area contributed by atoms with E-state index in [9.17, 15) is 9.59 Å². The predicted octanol–water partition coefficient (Wildman–Crippen LogP) is 2.14. The van der Waals surface area contributed by atoms with Crippen molar-refractivity contribution in [1.82, 2.24) is 4.90 Å². The minimum absolute atomic E-state index is 0.197. The molecule has 2 aliphatic heterocycles. The van der Waals surface area contributed by atoms with E-state index in [0.717, 1.165) is 6.42 Å². The molecule has 2 aliphatic rings. The molecule has 0 N–H and O–H groups in total. The molecule has 0 aromatic rings. The van der Waals surface area contributed by atoms with Gasteiger partial charge in [-0.15, -0.1) is 0 Å². The molecule has 19 heavy (non-hydrogen) atoms. The van der Waals surface area contributed by atoms with Crippen LogP contribution < -0.4 is 0 Å². The maximum Gasteiger partial charge on any atom is 0.410 e. The van der Waals surface area contributed by atoms with E-state index in [0.29, 0.717) is 39.0 Å². The van der Waals surface area contributed by atoms with Gasteiger partial charge < -0.3 is 14.4 Å². The molecule has 2 saturated heterocycles. The fourth-order valence-corrected chi connectivity index (χ4v) is 2.61. The molecule has 5 nitrogen and oxygen atoms in total. The molecule has 1 amide bonds. The second-order valence-corrected chi connectivity index (χ2v) is 6.34. The number of ketones is 1. The first-order valence-corrected chi connectivity index (χ1v) is 6.98. The molecule has 2 rings (SSSR count). The highest BCUT2D eigenvalue weighted by Crippen LogP contribution is 2.32. The summed E-state index contributed by atoms with van der Waals surface area (Å²) in [5, 5.41) is 0. The topological polar surface area (TPSA) is 55.8 Å². The molecule has 0 aromatic heterocycles. The van der Waals surface area contributed by atoms with Gasteiger partial charge in [-0.3, -0.25) is 4.79 Å². The van der Waals surface area contributed by atoms with Crippen molar-refractivity contribution < 1.29 is 19.1 Å². The van der Waals surface area contributed by atoms with Crippen LogP contribution in [0.4, 0.5) is 4.79 Å². The van der Waals surface area contributed by atoms with Crippen molar-refractivity contribution in [2.45, 2.75) is 57.7 Å². The van der Waals surface area contributed by atoms with Crippen LogP contribution in [-0.2, 0) is 14.3 Å². The number of Topliss-reactive ketones (excluding diaryl/α,β-unsaturated/α-hetero) is 1. The molecule has 0 radical (unpaired) electrons. The van der Waals surface area contributed by atoms with Gasteiger partial charge in [0.25, 0.3) is 0 Å². The molecule has 0 atom stereocenters. The lowest BCUT2D eigenvalue weighted by molar-refractivity contribution is -0.159. The summed E-state index contributed by atoms with van der Waals surface area (Å²) in [6.07, 6.45) is 2.30. The van der Waals surface area contributed by atoms with Crippen LogP contribution in [0.25, 0.3) is 0 Å². The van der Waals surface area contributed by atoms with E-state index in [-0.39, 0.29) is 11.9 Å². The number of likely N-dealkylation sites (tertiary alicyclic amines) is 1. The quantitative estimate of drug-likeness (QED) is 0.676. The summed E-state index contributed by atoms with van der Waals surface area (Å²) in [4.78, 5) is 25.6. The molecule has 0 unspecified atom stereocenters. The third-order valence-electron chi connectivity index (χ3n) is 3.66. The highest BCUT2D eigenvalue weighted by Gasteiger charge is 2.44. The monoisotopic (exact) mass is 269 g/mol. The van der Waals surface area contributed by atoms with Gasteiger partial charge in [0.1, 0.15) is 11.2 Å². The summed E-state index contributed by atoms with van der Waals surface area (Å²) >= 11 is 0. The highest BCUT2D eigenvalue weighted by molar-refractivity contribution is 5.88. The fourth-order valence-electron chi connectivity index (χ4n) is 2.61. The van der Waals surface area contributed by atoms with Crippen molar-refractivity contribution in [2.24, 2.45) is 0 Å². The van der Waals surface area contributed by atoms with Crippen LogP contribution >= 0.6 is 0 Å². The predicted molar refractivity (Wildman–Crippen MR) is 70.0 cm³/mol. The molecule has 108 valence electrons. The molecule has 1 spiro atoms. The zero-order valence-electron chi connectivity index (χ0n) is 12.0. The molecule has 2 heterocycles. The Morgan fingerprint density at radius 3 is 2.47 bits per heavy atom. The van der Waals surface area contributed by atoms with E-state index in [1.807, 2.05) is 20.8 Å². The van der Waals surface area contributed by atoms with Gasteiger partial charge >= 0.3 is 6.09 Å². The van der Waals surface area contributed by atoms with Gasteiger partial charge in [0.2, 0.25) is 0 Å². The summed E-state index contributed by atoms with van der Waals surface area (Å²) < 4.78 is 11.1. The maximum absolute atomic E-state index is 12.0. The Balaban J connectivity index is 1.92. The Hall–Kier alpha value is -1.10. The van der Waals surface area contributed by atoms with Crippen molar-refractivity contribution in [2.75, 3.05) is 19.7 Å². The molecule has 5 heteroatoms. The summed E-state index contributed by atoms with van der Waals surface area (Å²) in [5.41, 5.74) is -1.11. The first-order chi connectivity index (χ1) is 8.82. The van der Waals surface area contributed by atoms with Crippen LogP contribution in [-0.4, -0.2) is 47.7 Å². The fraction of sp³-hybridized carbons (Fsp3) is 0.857. The summed E-state index contributed by atoms with van der Waals surface area (Å²) in [6.45, 7) is 7.26. The van der Waals surface area contributed by atoms with E-state index < -0.39 is 11.2 Å². The molecular weight excluding hydrogens is 246 g/mol. The molecule has 0 bridgehead atoms. The van der Waals surface area contributed by atoms with Crippen LogP contribution in [0.3, 0.4) is 0 Å². The lowest BCUT2D eigenvalue weighted by Crippen LogP contribution is -2.54. The highest BCUT2D eigenvalue weighted by atomic mass is 16.6. The number of ether oxygens (including phenoxy) is 2. The minimum atomic E-state index is -0.628. The molecule has 0 saturated carbocycles. The van der Waals surface area contributed by atoms with Gasteiger partial charge in [-0.1, -0.05) is 0 Å². The summed E-state index contributed by atoms with van der Waals surface area (Å²) in [5.74, 6) is 0.197. The number of carbonyl (C=O) groups is 2. The largest absolute Gasteiger partial charge is 0.444 e. The van der Waals surface area contributed by atoms with Gasteiger partial charge in [-0.05, 0) is 27.2 Å². The Morgan fingerprint density at radius 2 is 1.95 bits per heavy atom. The Morgan fingerprint density at radius 1 is 1.32 bits per heavy atom. The van der Waals surface area contributed by atoms with Gasteiger partial charge in [0.15, 0.2) is 5.78 Å². The lowest BCUT2D eigenvalue weighted by atomic mass is 9.83. The summed E-state index contributed by atoms with van der Waals surface area (Å²) in [7, 11) is 0. The Bertz CT molecular complexity index is 364. The van der Waals surface area contributed by atoms with Crippen molar-refractivity contribution in [3.05, 3.63) is 0 Å². The van der Waals surface area contributed by atoms with Crippen molar-refractivity contribution in [3.8, 4) is 0 Å². The Labute approximate surface area is 114 Å². The van der Waals surface area contributed by atoms with E-state index in [1.165, 1.54) is 0 Å². The molecule has 0 aromatic carbocycles. The zero-order chi connectivity index (χ0) is 14.1. The Kier molecular flexibility index (Phi) is 3.85. The zero-order valence-corrected chi connectivity index (χ0v) is 12.0. The van der Waals surface area contributed by atoms with Crippen LogP contribution in [0.15, 0.2) is 0 Å². The second kappa shape index (κ2) is 5.12. The van der Waals surface area contributed by atoms with Crippen LogP contribution in [0, 0.1) is 0 Å². The number of nitrogens with zero attached hydrogens (tertiary/aromatic N) is 1. The van der Waals surface area contributed by atoms with Crippen LogP contribution in [0.1, 0.15) is 46.5 Å². The number of hydrogen-bond donors (Lipinski definition) is 0. The minimum Gasteiger partial charge on any atom is -0.444 e. The van der Waals surface area contributed by atoms with Crippen molar-refractivity contribution >= 4 is 11.9 Å². The maximum atomic E-state index is 12.0. The lowest BCUT2D eigenvalue weighted by Gasteiger charge is -2.42. The van der Waals surface area contributed by atoms with Crippen molar-refractivity contribution in [1.29, 1.82) is 0 Å². The first-order valence-electron chi connectivity index (χ1n) is 6.98. The van der Waals surface area contributed by atoms with Gasteiger partial charge in [0, 0.05) is 39.0 Å². The van der Waals surface area contributed by atoms with E-state index in [2.05, 4.69) is 0 Å². The van der Waals surface area contributed by atoms with E-state index in [4.69, 9.17) is 9.47 Å². The number of amides is 1. The standard InChI is InChI=1S/C14H23NO4/c1-13(2,3)19-12(17)15-8-6-14(7-9-15)11(16)5-4-10-18-14/h4-10H2,1-3H3.